The molecule has 17 heavy (non-hydrogen) atoms. The number of rotatable bonds is 3. The number of carboxylic acids is 1. The van der Waals surface area contributed by atoms with E-state index in [1.807, 2.05) is 0 Å². The van der Waals surface area contributed by atoms with Crippen LogP contribution in [0.5, 0.6) is 0 Å². The van der Waals surface area contributed by atoms with Crippen molar-refractivity contribution in [1.29, 1.82) is 0 Å². The predicted molar refractivity (Wildman–Crippen MR) is 65.4 cm³/mol. The Labute approximate surface area is 105 Å². The first-order valence-corrected chi connectivity index (χ1v) is 5.51. The summed E-state index contributed by atoms with van der Waals surface area (Å²) in [6.45, 7) is 4.86. The van der Waals surface area contributed by atoms with Gasteiger partial charge in [0.25, 0.3) is 0 Å². The van der Waals surface area contributed by atoms with Crippen LogP contribution in [0.2, 0.25) is 5.02 Å². The van der Waals surface area contributed by atoms with E-state index in [0.717, 1.165) is 0 Å². The van der Waals surface area contributed by atoms with Crippen molar-refractivity contribution in [2.24, 2.45) is 0 Å². The molecule has 0 aliphatic rings. The van der Waals surface area contributed by atoms with Gasteiger partial charge in [0, 0.05) is 11.9 Å². The van der Waals surface area contributed by atoms with E-state index >= 15 is 0 Å². The Kier molecular flexibility index (Phi) is 4.12. The number of hydrogen-bond donors (Lipinski definition) is 2. The van der Waals surface area contributed by atoms with Crippen LogP contribution in [-0.4, -0.2) is 17.0 Å². The standard InChI is InChI=1S/C12H14ClNO3/c1-6-9(12(16)17)4-5-10(11(6)13)7(2)14-8(3)15/h4-5,7H,1-3H3,(H,14,15)(H,16,17)/t7-/m0/s1. The lowest BCUT2D eigenvalue weighted by Crippen LogP contribution is -2.24. The van der Waals surface area contributed by atoms with Crippen molar-refractivity contribution in [3.05, 3.63) is 33.8 Å². The van der Waals surface area contributed by atoms with E-state index in [0.29, 0.717) is 16.1 Å². The largest absolute Gasteiger partial charge is 0.478 e. The molecule has 0 aromatic heterocycles. The van der Waals surface area contributed by atoms with Crippen molar-refractivity contribution in [1.82, 2.24) is 5.32 Å². The molecule has 0 spiro atoms. The maximum absolute atomic E-state index is 11.0. The van der Waals surface area contributed by atoms with Gasteiger partial charge in [-0.05, 0) is 31.0 Å². The van der Waals surface area contributed by atoms with E-state index in [1.165, 1.54) is 13.0 Å². The van der Waals surface area contributed by atoms with Gasteiger partial charge in [-0.3, -0.25) is 4.79 Å². The van der Waals surface area contributed by atoms with Crippen molar-refractivity contribution in [2.75, 3.05) is 0 Å². The summed E-state index contributed by atoms with van der Waals surface area (Å²) in [6.07, 6.45) is 0. The fraction of sp³-hybridized carbons (Fsp3) is 0.333. The highest BCUT2D eigenvalue weighted by atomic mass is 35.5. The average molecular weight is 256 g/mol. The summed E-state index contributed by atoms with van der Waals surface area (Å²) in [5.41, 5.74) is 1.40. The molecule has 0 heterocycles. The highest BCUT2D eigenvalue weighted by Crippen LogP contribution is 2.28. The minimum atomic E-state index is -1.01. The number of hydrogen-bond acceptors (Lipinski definition) is 2. The number of aromatic carboxylic acids is 1. The molecule has 92 valence electrons. The summed E-state index contributed by atoms with van der Waals surface area (Å²) < 4.78 is 0. The quantitative estimate of drug-likeness (QED) is 0.872. The molecule has 1 aromatic rings. The van der Waals surface area contributed by atoms with Gasteiger partial charge in [-0.2, -0.15) is 0 Å². The first kappa shape index (κ1) is 13.5. The number of amides is 1. The maximum atomic E-state index is 11.0. The van der Waals surface area contributed by atoms with Crippen molar-refractivity contribution in [2.45, 2.75) is 26.8 Å². The lowest BCUT2D eigenvalue weighted by atomic mass is 10.0. The van der Waals surface area contributed by atoms with Crippen molar-refractivity contribution in [3.8, 4) is 0 Å². The van der Waals surface area contributed by atoms with Gasteiger partial charge in [-0.1, -0.05) is 17.7 Å². The Hall–Kier alpha value is -1.55. The first-order chi connectivity index (χ1) is 7.84. The Morgan fingerprint density at radius 3 is 2.47 bits per heavy atom. The molecule has 5 heteroatoms. The van der Waals surface area contributed by atoms with E-state index in [4.69, 9.17) is 16.7 Å². The number of carboxylic acid groups (broad SMARTS) is 1. The lowest BCUT2D eigenvalue weighted by Gasteiger charge is -2.16. The fourth-order valence-electron chi connectivity index (χ4n) is 1.65. The molecule has 0 saturated carbocycles. The zero-order valence-electron chi connectivity index (χ0n) is 9.87. The van der Waals surface area contributed by atoms with Crippen LogP contribution in [0, 0.1) is 6.92 Å². The smallest absolute Gasteiger partial charge is 0.336 e. The zero-order valence-corrected chi connectivity index (χ0v) is 10.6. The molecule has 0 fully saturated rings. The number of carbonyl (C=O) groups excluding carboxylic acids is 1. The molecular formula is C12H14ClNO3. The maximum Gasteiger partial charge on any atom is 0.336 e. The third-order valence-electron chi connectivity index (χ3n) is 2.53. The molecule has 1 rings (SSSR count). The molecule has 0 bridgehead atoms. The molecular weight excluding hydrogens is 242 g/mol. The molecule has 0 unspecified atom stereocenters. The van der Waals surface area contributed by atoms with Gasteiger partial charge in [0.15, 0.2) is 0 Å². The summed E-state index contributed by atoms with van der Waals surface area (Å²) in [5.74, 6) is -1.17. The van der Waals surface area contributed by atoms with Crippen molar-refractivity contribution >= 4 is 23.5 Å². The molecule has 0 aliphatic carbocycles. The van der Waals surface area contributed by atoms with Gasteiger partial charge >= 0.3 is 5.97 Å². The predicted octanol–water partition coefficient (Wildman–Crippen LogP) is 2.54. The monoisotopic (exact) mass is 255 g/mol. The Morgan fingerprint density at radius 1 is 1.41 bits per heavy atom. The summed E-state index contributed by atoms with van der Waals surface area (Å²) in [6, 6.07) is 2.87. The third-order valence-corrected chi connectivity index (χ3v) is 3.03. The topological polar surface area (TPSA) is 66.4 Å². The second-order valence-electron chi connectivity index (χ2n) is 3.87. The van der Waals surface area contributed by atoms with Gasteiger partial charge in [-0.25, -0.2) is 4.79 Å². The SMILES string of the molecule is CC(=O)N[C@@H](C)c1ccc(C(=O)O)c(C)c1Cl. The number of benzene rings is 1. The summed E-state index contributed by atoms with van der Waals surface area (Å²) >= 11 is 6.11. The third kappa shape index (κ3) is 2.97. The van der Waals surface area contributed by atoms with E-state index in [9.17, 15) is 9.59 Å². The van der Waals surface area contributed by atoms with E-state index in [2.05, 4.69) is 5.32 Å². The van der Waals surface area contributed by atoms with E-state index < -0.39 is 5.97 Å². The Balaban J connectivity index is 3.16. The molecule has 1 amide bonds. The van der Waals surface area contributed by atoms with Crippen LogP contribution in [0.25, 0.3) is 0 Å². The van der Waals surface area contributed by atoms with Gasteiger partial charge in [-0.15, -0.1) is 0 Å². The highest BCUT2D eigenvalue weighted by molar-refractivity contribution is 6.32. The van der Waals surface area contributed by atoms with Gasteiger partial charge < -0.3 is 10.4 Å². The molecule has 1 atom stereocenters. The highest BCUT2D eigenvalue weighted by Gasteiger charge is 2.16. The number of halogens is 1. The Morgan fingerprint density at radius 2 is 2.00 bits per heavy atom. The van der Waals surface area contributed by atoms with Crippen LogP contribution in [0.1, 0.15) is 41.4 Å². The van der Waals surface area contributed by atoms with Crippen LogP contribution in [0.3, 0.4) is 0 Å². The van der Waals surface area contributed by atoms with E-state index in [1.54, 1.807) is 19.9 Å². The number of carbonyl (C=O) groups is 2. The van der Waals surface area contributed by atoms with Crippen LogP contribution < -0.4 is 5.32 Å². The van der Waals surface area contributed by atoms with Gasteiger partial charge in [0.2, 0.25) is 5.91 Å². The van der Waals surface area contributed by atoms with E-state index in [-0.39, 0.29) is 17.5 Å². The minimum absolute atomic E-state index is 0.159. The van der Waals surface area contributed by atoms with Crippen LogP contribution in [0.4, 0.5) is 0 Å². The fourth-order valence-corrected chi connectivity index (χ4v) is 1.98. The molecule has 1 aromatic carbocycles. The van der Waals surface area contributed by atoms with Crippen LogP contribution in [-0.2, 0) is 4.79 Å². The zero-order chi connectivity index (χ0) is 13.2. The normalized spacial score (nSPS) is 12.0. The molecule has 0 saturated heterocycles. The van der Waals surface area contributed by atoms with Crippen molar-refractivity contribution in [3.63, 3.8) is 0 Å². The molecule has 2 N–H and O–H groups in total. The molecule has 4 nitrogen and oxygen atoms in total. The van der Waals surface area contributed by atoms with Gasteiger partial charge in [0.1, 0.15) is 0 Å². The van der Waals surface area contributed by atoms with Crippen LogP contribution >= 0.6 is 11.6 Å². The summed E-state index contributed by atoms with van der Waals surface area (Å²) in [4.78, 5) is 21.9. The average Bonchev–Trinajstić information content (AvgIpc) is 2.20. The molecule has 0 radical (unpaired) electrons. The second-order valence-corrected chi connectivity index (χ2v) is 4.25. The molecule has 0 aliphatic heterocycles. The van der Waals surface area contributed by atoms with Crippen LogP contribution in [0.15, 0.2) is 12.1 Å². The summed E-state index contributed by atoms with van der Waals surface area (Å²) in [7, 11) is 0. The van der Waals surface area contributed by atoms with Gasteiger partial charge in [0.05, 0.1) is 11.6 Å². The summed E-state index contributed by atoms with van der Waals surface area (Å²) in [5, 5.41) is 12.0. The van der Waals surface area contributed by atoms with Crippen molar-refractivity contribution < 1.29 is 14.7 Å². The second kappa shape index (κ2) is 5.19. The number of nitrogens with one attached hydrogen (secondary N) is 1. The lowest BCUT2D eigenvalue weighted by molar-refractivity contribution is -0.119. The first-order valence-electron chi connectivity index (χ1n) is 5.14. The Bertz CT molecular complexity index is 471. The minimum Gasteiger partial charge on any atom is -0.478 e.